The van der Waals surface area contributed by atoms with Gasteiger partial charge < -0.3 is 23.8 Å². The van der Waals surface area contributed by atoms with Crippen LogP contribution in [0.15, 0.2) is 66.2 Å². The van der Waals surface area contributed by atoms with Gasteiger partial charge in [-0.25, -0.2) is 0 Å². The van der Waals surface area contributed by atoms with Gasteiger partial charge in [-0.2, -0.15) is 0 Å². The first-order valence-corrected chi connectivity index (χ1v) is 11.1. The fourth-order valence-corrected chi connectivity index (χ4v) is 3.91. The van der Waals surface area contributed by atoms with E-state index in [2.05, 4.69) is 8.83 Å². The van der Waals surface area contributed by atoms with Gasteiger partial charge in [0.25, 0.3) is 7.82 Å². The van der Waals surface area contributed by atoms with E-state index >= 15 is 0 Å². The zero-order valence-electron chi connectivity index (χ0n) is 14.6. The van der Waals surface area contributed by atoms with Gasteiger partial charge in [0.2, 0.25) is 0 Å². The van der Waals surface area contributed by atoms with Gasteiger partial charge in [0.05, 0.1) is 14.4 Å². The molecule has 0 fully saturated rings. The number of hydrogen-bond acceptors (Lipinski definition) is 7. The molecular formula is C18H19O7P2-3. The molecule has 0 aliphatic rings. The first-order valence-electron chi connectivity index (χ1n) is 8.14. The SMILES string of the molecule is C/C(=C\COP(=O)([O-])OP(=O)([O-])[O-])CCc1ccccc1-c1ccccc1. The van der Waals surface area contributed by atoms with E-state index in [1.807, 2.05) is 54.6 Å². The van der Waals surface area contributed by atoms with Crippen molar-refractivity contribution in [1.29, 1.82) is 0 Å². The van der Waals surface area contributed by atoms with Crippen molar-refractivity contribution in [3.8, 4) is 11.1 Å². The molecule has 0 amide bonds. The number of aryl methyl sites for hydroxylation is 1. The van der Waals surface area contributed by atoms with Crippen LogP contribution in [0.3, 0.4) is 0 Å². The number of allylic oxidation sites excluding steroid dienone is 1. The van der Waals surface area contributed by atoms with Gasteiger partial charge in [-0.1, -0.05) is 66.2 Å². The maximum absolute atomic E-state index is 11.2. The minimum absolute atomic E-state index is 0.410. The third-order valence-corrected chi connectivity index (χ3v) is 5.82. The second-order valence-electron chi connectivity index (χ2n) is 5.85. The van der Waals surface area contributed by atoms with Crippen LogP contribution >= 0.6 is 15.6 Å². The van der Waals surface area contributed by atoms with E-state index in [-0.39, 0.29) is 0 Å². The highest BCUT2D eigenvalue weighted by molar-refractivity contribution is 7.58. The van der Waals surface area contributed by atoms with Crippen molar-refractivity contribution >= 4 is 15.6 Å². The van der Waals surface area contributed by atoms with Crippen molar-refractivity contribution in [3.05, 3.63) is 71.8 Å². The average molecular weight is 409 g/mol. The summed E-state index contributed by atoms with van der Waals surface area (Å²) in [5.41, 5.74) is 4.24. The molecule has 0 aliphatic carbocycles. The van der Waals surface area contributed by atoms with Crippen LogP contribution in [0.5, 0.6) is 0 Å². The lowest BCUT2D eigenvalue weighted by Gasteiger charge is -2.34. The molecule has 0 radical (unpaired) electrons. The third kappa shape index (κ3) is 7.91. The number of phosphoric ester groups is 1. The normalized spacial score (nSPS) is 14.7. The topological polar surface area (TPSA) is 122 Å². The average Bonchev–Trinajstić information content (AvgIpc) is 2.59. The van der Waals surface area contributed by atoms with Gasteiger partial charge in [0.15, 0.2) is 0 Å². The summed E-state index contributed by atoms with van der Waals surface area (Å²) in [6, 6.07) is 18.0. The fourth-order valence-electron chi connectivity index (χ4n) is 2.49. The molecule has 0 aromatic heterocycles. The molecule has 0 saturated carbocycles. The van der Waals surface area contributed by atoms with E-state index in [4.69, 9.17) is 0 Å². The molecule has 0 saturated heterocycles. The van der Waals surface area contributed by atoms with E-state index in [0.717, 1.165) is 28.7 Å². The molecule has 0 spiro atoms. The third-order valence-electron chi connectivity index (χ3n) is 3.76. The van der Waals surface area contributed by atoms with Gasteiger partial charge in [-0.3, -0.25) is 8.88 Å². The zero-order chi connectivity index (χ0) is 19.9. The molecule has 0 N–H and O–H groups in total. The number of rotatable bonds is 9. The Balaban J connectivity index is 1.94. The number of hydrogen-bond donors (Lipinski definition) is 0. The van der Waals surface area contributed by atoms with E-state index < -0.39 is 22.3 Å². The molecule has 0 heterocycles. The Hall–Kier alpha value is -1.56. The summed E-state index contributed by atoms with van der Waals surface area (Å²) in [4.78, 5) is 31.9. The van der Waals surface area contributed by atoms with Crippen LogP contribution in [0.2, 0.25) is 0 Å². The van der Waals surface area contributed by atoms with Gasteiger partial charge in [-0.05, 0) is 36.5 Å². The molecule has 7 nitrogen and oxygen atoms in total. The van der Waals surface area contributed by atoms with Gasteiger partial charge in [0.1, 0.15) is 0 Å². The Morgan fingerprint density at radius 3 is 2.30 bits per heavy atom. The van der Waals surface area contributed by atoms with Crippen molar-refractivity contribution in [2.24, 2.45) is 0 Å². The summed E-state index contributed by atoms with van der Waals surface area (Å²) < 4.78 is 29.3. The number of phosphoric acid groups is 2. The van der Waals surface area contributed by atoms with Crippen LogP contribution < -0.4 is 14.7 Å². The minimum atomic E-state index is -5.66. The van der Waals surface area contributed by atoms with Crippen LogP contribution in [0.25, 0.3) is 11.1 Å². The number of benzene rings is 2. The maximum Gasteiger partial charge on any atom is 0.272 e. The maximum atomic E-state index is 11.2. The van der Waals surface area contributed by atoms with E-state index in [1.54, 1.807) is 6.92 Å². The van der Waals surface area contributed by atoms with Crippen molar-refractivity contribution in [2.45, 2.75) is 19.8 Å². The molecular weight excluding hydrogens is 390 g/mol. The molecule has 9 heteroatoms. The van der Waals surface area contributed by atoms with Crippen molar-refractivity contribution in [1.82, 2.24) is 0 Å². The van der Waals surface area contributed by atoms with Crippen LogP contribution in [0.4, 0.5) is 0 Å². The van der Waals surface area contributed by atoms with Gasteiger partial charge in [0, 0.05) is 0 Å². The van der Waals surface area contributed by atoms with E-state index in [0.29, 0.717) is 6.42 Å². The van der Waals surface area contributed by atoms with Crippen molar-refractivity contribution in [3.63, 3.8) is 0 Å². The van der Waals surface area contributed by atoms with Crippen LogP contribution in [0, 0.1) is 0 Å². The Morgan fingerprint density at radius 1 is 1.00 bits per heavy atom. The van der Waals surface area contributed by atoms with Gasteiger partial charge in [-0.15, -0.1) is 0 Å². The Morgan fingerprint density at radius 2 is 1.63 bits per heavy atom. The molecule has 146 valence electrons. The molecule has 1 atom stereocenters. The lowest BCUT2D eigenvalue weighted by Crippen LogP contribution is -2.19. The molecule has 1 unspecified atom stereocenters. The first kappa shape index (κ1) is 21.7. The monoisotopic (exact) mass is 409 g/mol. The van der Waals surface area contributed by atoms with Crippen LogP contribution in [0.1, 0.15) is 18.9 Å². The second-order valence-corrected chi connectivity index (χ2v) is 8.55. The Kier molecular flexibility index (Phi) is 7.71. The highest BCUT2D eigenvalue weighted by Crippen LogP contribution is 2.50. The van der Waals surface area contributed by atoms with Crippen molar-refractivity contribution < 1.29 is 32.6 Å². The largest absolute Gasteiger partial charge is 0.790 e. The summed E-state index contributed by atoms with van der Waals surface area (Å²) in [7, 11) is -10.8. The molecule has 0 bridgehead atoms. The van der Waals surface area contributed by atoms with Crippen LogP contribution in [-0.2, 0) is 24.4 Å². The molecule has 0 aliphatic heterocycles. The summed E-state index contributed by atoms with van der Waals surface area (Å²) in [5.74, 6) is 0. The summed E-state index contributed by atoms with van der Waals surface area (Å²) in [5, 5.41) is 0. The second kappa shape index (κ2) is 9.58. The molecule has 2 aromatic carbocycles. The summed E-state index contributed by atoms with van der Waals surface area (Å²) >= 11 is 0. The Bertz CT molecular complexity index is 874. The minimum Gasteiger partial charge on any atom is -0.790 e. The molecule has 2 rings (SSSR count). The van der Waals surface area contributed by atoms with E-state index in [1.165, 1.54) is 6.08 Å². The highest BCUT2D eigenvalue weighted by Gasteiger charge is 2.11. The molecule has 27 heavy (non-hydrogen) atoms. The predicted octanol–water partition coefficient (Wildman–Crippen LogP) is 2.56. The smallest absolute Gasteiger partial charge is 0.272 e. The summed E-state index contributed by atoms with van der Waals surface area (Å²) in [6.07, 6.45) is 2.88. The van der Waals surface area contributed by atoms with Crippen LogP contribution in [-0.4, -0.2) is 6.61 Å². The standard InChI is InChI=1S/C18H22O7P2/c1-15(13-14-24-27(22,23)25-26(19,20)21)11-12-17-9-5-6-10-18(17)16-7-3-2-4-8-16/h2-10,13H,11-12,14H2,1H3,(H,22,23)(H2,19,20,21)/p-3/b15-13+. The quantitative estimate of drug-likeness (QED) is 0.461. The van der Waals surface area contributed by atoms with E-state index in [9.17, 15) is 23.8 Å². The fraction of sp³-hybridized carbons (Fsp3) is 0.222. The summed E-state index contributed by atoms with van der Waals surface area (Å²) in [6.45, 7) is 1.39. The first-order chi connectivity index (χ1) is 12.7. The highest BCUT2D eigenvalue weighted by atomic mass is 31.3. The van der Waals surface area contributed by atoms with Gasteiger partial charge >= 0.3 is 0 Å². The lowest BCUT2D eigenvalue weighted by molar-refractivity contribution is -0.339. The molecule has 2 aromatic rings. The Labute approximate surface area is 158 Å². The lowest BCUT2D eigenvalue weighted by atomic mass is 9.95. The zero-order valence-corrected chi connectivity index (χ0v) is 16.4. The predicted molar refractivity (Wildman–Crippen MR) is 96.2 cm³/mol. The van der Waals surface area contributed by atoms with Crippen molar-refractivity contribution in [2.75, 3.05) is 6.61 Å².